The van der Waals surface area contributed by atoms with Crippen molar-refractivity contribution in [3.63, 3.8) is 0 Å². The Bertz CT molecular complexity index is 1580. The van der Waals surface area contributed by atoms with Crippen molar-refractivity contribution in [2.45, 2.75) is 158 Å². The van der Waals surface area contributed by atoms with Gasteiger partial charge in [0, 0.05) is 24.2 Å². The molecule has 0 amide bonds. The maximum absolute atomic E-state index is 11.7. The number of ether oxygens (including phenoxy) is 6. The van der Waals surface area contributed by atoms with Crippen LogP contribution in [0.25, 0.3) is 0 Å². The van der Waals surface area contributed by atoms with Crippen molar-refractivity contribution in [2.75, 3.05) is 13.2 Å². The molecule has 15 nitrogen and oxygen atoms in total. The molecule has 8 aliphatic rings. The minimum absolute atomic E-state index is 0.0481. The van der Waals surface area contributed by atoms with E-state index in [9.17, 15) is 38.5 Å². The summed E-state index contributed by atoms with van der Waals surface area (Å²) in [6.07, 6.45) is -6.40. The minimum Gasteiger partial charge on any atom is -0.393 e. The van der Waals surface area contributed by atoms with E-state index in [0.717, 1.165) is 49.7 Å². The average molecular weight is 787 g/mol. The molecule has 3 saturated carbocycles. The summed E-state index contributed by atoms with van der Waals surface area (Å²) >= 11 is 0. The van der Waals surface area contributed by atoms with Crippen LogP contribution in [0.15, 0.2) is 23.8 Å². The molecular weight excluding hydrogens is 728 g/mol. The van der Waals surface area contributed by atoms with E-state index in [2.05, 4.69) is 33.4 Å². The molecule has 4 aliphatic carbocycles. The first-order valence-corrected chi connectivity index (χ1v) is 21.0. The molecule has 306 valence electrons. The highest BCUT2D eigenvalue weighted by atomic mass is 32.3. The zero-order valence-corrected chi connectivity index (χ0v) is 32.3. The highest BCUT2D eigenvalue weighted by Gasteiger charge is 2.69. The lowest BCUT2D eigenvalue weighted by Gasteiger charge is -2.60. The molecule has 0 aromatic rings. The van der Waals surface area contributed by atoms with Gasteiger partial charge in [-0.1, -0.05) is 44.6 Å². The monoisotopic (exact) mass is 786 g/mol. The molecule has 8 rings (SSSR count). The Morgan fingerprint density at radius 2 is 1.70 bits per heavy atom. The number of rotatable bonds is 6. The van der Waals surface area contributed by atoms with Crippen molar-refractivity contribution in [3.8, 4) is 0 Å². The van der Waals surface area contributed by atoms with E-state index in [0.29, 0.717) is 30.8 Å². The first kappa shape index (κ1) is 39.7. The van der Waals surface area contributed by atoms with Crippen LogP contribution in [0.4, 0.5) is 0 Å². The number of hydrogen-bond acceptors (Lipinski definition) is 14. The van der Waals surface area contributed by atoms with Gasteiger partial charge in [0.15, 0.2) is 18.4 Å². The number of hydrogen-bond donors (Lipinski definition) is 6. The van der Waals surface area contributed by atoms with Crippen LogP contribution in [-0.2, 0) is 43.0 Å². The van der Waals surface area contributed by atoms with Crippen molar-refractivity contribution in [3.05, 3.63) is 23.8 Å². The lowest BCUT2D eigenvalue weighted by molar-refractivity contribution is -0.361. The fraction of sp³-hybridized carbons (Fsp3) is 0.895. The molecule has 0 radical (unpaired) electrons. The first-order valence-electron chi connectivity index (χ1n) is 19.7. The number of allylic oxidation sites excluding steroid dienone is 1. The lowest BCUT2D eigenvalue weighted by Crippen LogP contribution is -2.63. The summed E-state index contributed by atoms with van der Waals surface area (Å²) in [4.78, 5) is 0. The van der Waals surface area contributed by atoms with Crippen LogP contribution in [-0.4, -0.2) is 131 Å². The Morgan fingerprint density at radius 3 is 2.41 bits per heavy atom. The SMILES string of the molecule is C=C1CC[C@@]2(OC1)O[C@H]1C[C@H]3[C@@H]4CC=C5C[C@@H](O)C[C@@H](O[C@@H]6OC[C@H](OS(=O)(=O)O)[C@H](O)[C@H]6O[C@@H]6O[C@@H](C)[C@H](O)[C@@H](O)[C@H]6O)[C@]5(C)[C@H]4CC[C@]3(C)[C@H]1[C@@H]2C. The molecule has 0 aromatic heterocycles. The van der Waals surface area contributed by atoms with Crippen molar-refractivity contribution in [2.24, 2.45) is 40.4 Å². The second kappa shape index (κ2) is 14.0. The van der Waals surface area contributed by atoms with Gasteiger partial charge in [-0.15, -0.1) is 0 Å². The van der Waals surface area contributed by atoms with Crippen LogP contribution in [0.3, 0.4) is 0 Å². The predicted molar refractivity (Wildman–Crippen MR) is 187 cm³/mol. The molecule has 20 atom stereocenters. The van der Waals surface area contributed by atoms with Gasteiger partial charge in [0.1, 0.15) is 36.6 Å². The molecule has 6 N–H and O–H groups in total. The summed E-state index contributed by atoms with van der Waals surface area (Å²) in [5.74, 6) is 0.946. The van der Waals surface area contributed by atoms with Gasteiger partial charge in [-0.2, -0.15) is 8.42 Å². The predicted octanol–water partition coefficient (Wildman–Crippen LogP) is 1.75. The Kier molecular flexibility index (Phi) is 10.3. The Hall–Kier alpha value is -1.09. The third-order valence-corrected chi connectivity index (χ3v) is 15.7. The summed E-state index contributed by atoms with van der Waals surface area (Å²) in [5.41, 5.74) is 1.72. The highest BCUT2D eigenvalue weighted by Crippen LogP contribution is 2.71. The molecule has 4 heterocycles. The molecule has 1 spiro atoms. The van der Waals surface area contributed by atoms with Crippen LogP contribution in [0.1, 0.15) is 79.1 Å². The van der Waals surface area contributed by atoms with E-state index < -0.39 is 95.7 Å². The molecule has 16 heteroatoms. The summed E-state index contributed by atoms with van der Waals surface area (Å²) in [5, 5.41) is 54.1. The first-order chi connectivity index (χ1) is 25.4. The zero-order chi connectivity index (χ0) is 38.7. The maximum Gasteiger partial charge on any atom is 0.397 e. The standard InChI is InChI=1S/C38H58O15S/c1-17-8-11-38(48-15-17)18(2)28-25(52-38)14-24-22-7-6-20-12-21(39)13-27(37(20,5)23(22)9-10-36(24,28)4)50-35-33(30(41)26(16-47-35)53-54(44,45)46)51-34-32(43)31(42)29(40)19(3)49-34/h6,18-19,21-35,39-43H,1,7-16H2,2-5H3,(H,44,45,46)/t18-,19-,21+,22+,23-,24-,25-,26-,27+,28-,29-,30-,31+,32+,33+,34-,35-,36-,37-,38+/m0/s1. The molecule has 0 aromatic carbocycles. The quantitative estimate of drug-likeness (QED) is 0.167. The van der Waals surface area contributed by atoms with Crippen molar-refractivity contribution in [1.29, 1.82) is 0 Å². The second-order valence-electron chi connectivity index (χ2n) is 18.0. The molecular formula is C38H58O15S. The lowest BCUT2D eigenvalue weighted by atomic mass is 9.46. The van der Waals surface area contributed by atoms with E-state index in [1.54, 1.807) is 0 Å². The Labute approximate surface area is 316 Å². The minimum atomic E-state index is -5.02. The van der Waals surface area contributed by atoms with Crippen LogP contribution in [0, 0.1) is 40.4 Å². The summed E-state index contributed by atoms with van der Waals surface area (Å²) in [7, 11) is -5.02. The average Bonchev–Trinajstić information content (AvgIpc) is 3.55. The summed E-state index contributed by atoms with van der Waals surface area (Å²) < 4.78 is 75.2. The number of aliphatic hydroxyl groups is 5. The molecule has 0 unspecified atom stereocenters. The summed E-state index contributed by atoms with van der Waals surface area (Å²) in [6.45, 7) is 12.6. The van der Waals surface area contributed by atoms with E-state index >= 15 is 0 Å². The zero-order valence-electron chi connectivity index (χ0n) is 31.4. The second-order valence-corrected chi connectivity index (χ2v) is 19.0. The van der Waals surface area contributed by atoms with Gasteiger partial charge >= 0.3 is 10.4 Å². The van der Waals surface area contributed by atoms with Gasteiger partial charge in [0.05, 0.1) is 37.6 Å². The molecule has 0 bridgehead atoms. The fourth-order valence-corrected chi connectivity index (χ4v) is 12.9. The van der Waals surface area contributed by atoms with Gasteiger partial charge in [0.2, 0.25) is 0 Å². The molecule has 54 heavy (non-hydrogen) atoms. The van der Waals surface area contributed by atoms with Crippen molar-refractivity contribution < 1.29 is 71.1 Å². The van der Waals surface area contributed by atoms with E-state index in [1.807, 2.05) is 0 Å². The van der Waals surface area contributed by atoms with Gasteiger partial charge in [-0.05, 0) is 74.5 Å². The largest absolute Gasteiger partial charge is 0.397 e. The summed E-state index contributed by atoms with van der Waals surface area (Å²) in [6, 6.07) is 0. The van der Waals surface area contributed by atoms with Gasteiger partial charge in [0.25, 0.3) is 0 Å². The van der Waals surface area contributed by atoms with E-state index in [4.69, 9.17) is 32.6 Å². The van der Waals surface area contributed by atoms with Gasteiger partial charge < -0.3 is 54.0 Å². The van der Waals surface area contributed by atoms with Gasteiger partial charge in [-0.3, -0.25) is 4.55 Å². The van der Waals surface area contributed by atoms with Crippen LogP contribution < -0.4 is 0 Å². The number of fused-ring (bicyclic) bond motifs is 7. The molecule has 4 aliphatic heterocycles. The Balaban J connectivity index is 1.06. The maximum atomic E-state index is 11.7. The van der Waals surface area contributed by atoms with Gasteiger partial charge in [-0.25, -0.2) is 4.18 Å². The normalized spacial score (nSPS) is 54.7. The third-order valence-electron chi connectivity index (χ3n) is 15.2. The molecule has 4 saturated heterocycles. The van der Waals surface area contributed by atoms with E-state index in [-0.39, 0.29) is 29.8 Å². The van der Waals surface area contributed by atoms with Crippen molar-refractivity contribution in [1.82, 2.24) is 0 Å². The van der Waals surface area contributed by atoms with Crippen molar-refractivity contribution >= 4 is 10.4 Å². The van der Waals surface area contributed by atoms with Crippen LogP contribution in [0.2, 0.25) is 0 Å². The van der Waals surface area contributed by atoms with E-state index in [1.165, 1.54) is 6.92 Å². The number of aliphatic hydroxyl groups excluding tert-OH is 5. The topological polar surface area (TPSA) is 220 Å². The van der Waals surface area contributed by atoms with Crippen LogP contribution >= 0.6 is 0 Å². The van der Waals surface area contributed by atoms with Crippen LogP contribution in [0.5, 0.6) is 0 Å². The fourth-order valence-electron chi connectivity index (χ4n) is 12.4. The Morgan fingerprint density at radius 1 is 0.944 bits per heavy atom. The molecule has 7 fully saturated rings. The smallest absolute Gasteiger partial charge is 0.393 e. The third kappa shape index (κ3) is 6.39. The highest BCUT2D eigenvalue weighted by molar-refractivity contribution is 7.80.